The Hall–Kier alpha value is -2.34. The summed E-state index contributed by atoms with van der Waals surface area (Å²) in [6, 6.07) is 12.7. The van der Waals surface area contributed by atoms with Crippen LogP contribution in [0.5, 0.6) is 0 Å². The summed E-state index contributed by atoms with van der Waals surface area (Å²) in [5, 5.41) is 13.4. The number of nitrogens with zero attached hydrogens (tertiary/aromatic N) is 1. The number of para-hydroxylation sites is 1. The zero-order chi connectivity index (χ0) is 13.9. The molecule has 0 saturated carbocycles. The molecule has 1 heterocycles. The van der Waals surface area contributed by atoms with E-state index in [0.717, 1.165) is 15.4 Å². The average molecular weight is 331 g/mol. The molecule has 0 spiro atoms. The van der Waals surface area contributed by atoms with E-state index in [1.165, 1.54) is 0 Å². The van der Waals surface area contributed by atoms with Crippen molar-refractivity contribution in [3.63, 3.8) is 0 Å². The SMILES string of the molecule is O=C(Nc1ccc2cn[nH]c2c1)Nc1ccccc1Br. The summed E-state index contributed by atoms with van der Waals surface area (Å²) >= 11 is 3.38. The van der Waals surface area contributed by atoms with Gasteiger partial charge in [-0.2, -0.15) is 5.10 Å². The van der Waals surface area contributed by atoms with E-state index < -0.39 is 0 Å². The van der Waals surface area contributed by atoms with E-state index in [1.54, 1.807) is 6.20 Å². The van der Waals surface area contributed by atoms with Crippen molar-refractivity contribution in [3.8, 4) is 0 Å². The third-order valence-corrected chi connectivity index (χ3v) is 3.51. The molecule has 20 heavy (non-hydrogen) atoms. The van der Waals surface area contributed by atoms with Crippen LogP contribution in [-0.2, 0) is 0 Å². The number of benzene rings is 2. The largest absolute Gasteiger partial charge is 0.323 e. The molecule has 6 heteroatoms. The highest BCUT2D eigenvalue weighted by Crippen LogP contribution is 2.22. The molecular formula is C14H11BrN4O. The summed E-state index contributed by atoms with van der Waals surface area (Å²) in [4.78, 5) is 11.9. The average Bonchev–Trinajstić information content (AvgIpc) is 2.89. The molecule has 3 rings (SSSR count). The maximum Gasteiger partial charge on any atom is 0.323 e. The fourth-order valence-corrected chi connectivity index (χ4v) is 2.25. The van der Waals surface area contributed by atoms with Gasteiger partial charge in [-0.3, -0.25) is 5.10 Å². The molecular weight excluding hydrogens is 320 g/mol. The van der Waals surface area contributed by atoms with E-state index in [-0.39, 0.29) is 6.03 Å². The highest BCUT2D eigenvalue weighted by molar-refractivity contribution is 9.10. The van der Waals surface area contributed by atoms with Gasteiger partial charge in [-0.15, -0.1) is 0 Å². The Bertz CT molecular complexity index is 768. The number of hydrogen-bond acceptors (Lipinski definition) is 2. The zero-order valence-electron chi connectivity index (χ0n) is 10.4. The van der Waals surface area contributed by atoms with Crippen molar-refractivity contribution in [2.75, 3.05) is 10.6 Å². The van der Waals surface area contributed by atoms with Crippen molar-refractivity contribution in [1.29, 1.82) is 0 Å². The first-order chi connectivity index (χ1) is 9.72. The molecule has 3 N–H and O–H groups in total. The van der Waals surface area contributed by atoms with Gasteiger partial charge in [0.2, 0.25) is 0 Å². The van der Waals surface area contributed by atoms with Crippen LogP contribution in [0.25, 0.3) is 10.9 Å². The summed E-state index contributed by atoms with van der Waals surface area (Å²) in [5.41, 5.74) is 2.29. The van der Waals surface area contributed by atoms with E-state index in [1.807, 2.05) is 42.5 Å². The molecule has 0 saturated heterocycles. The minimum atomic E-state index is -0.296. The second-order valence-corrected chi connectivity index (χ2v) is 5.09. The number of halogens is 1. The van der Waals surface area contributed by atoms with E-state index in [9.17, 15) is 4.79 Å². The van der Waals surface area contributed by atoms with Gasteiger partial charge in [0, 0.05) is 15.5 Å². The lowest BCUT2D eigenvalue weighted by Gasteiger charge is -2.09. The number of anilines is 2. The molecule has 0 atom stereocenters. The predicted octanol–water partition coefficient (Wildman–Crippen LogP) is 3.97. The Morgan fingerprint density at radius 1 is 1.15 bits per heavy atom. The van der Waals surface area contributed by atoms with Gasteiger partial charge in [-0.25, -0.2) is 4.79 Å². The van der Waals surface area contributed by atoms with Crippen LogP contribution in [0.2, 0.25) is 0 Å². The van der Waals surface area contributed by atoms with Crippen molar-refractivity contribution >= 4 is 44.2 Å². The Morgan fingerprint density at radius 2 is 2.00 bits per heavy atom. The molecule has 0 aliphatic rings. The van der Waals surface area contributed by atoms with Gasteiger partial charge in [0.15, 0.2) is 0 Å². The van der Waals surface area contributed by atoms with Crippen LogP contribution in [-0.4, -0.2) is 16.2 Å². The molecule has 2 aromatic carbocycles. The quantitative estimate of drug-likeness (QED) is 0.665. The Morgan fingerprint density at radius 3 is 2.85 bits per heavy atom. The van der Waals surface area contributed by atoms with Gasteiger partial charge in [-0.05, 0) is 46.3 Å². The van der Waals surface area contributed by atoms with Crippen LogP contribution in [0.3, 0.4) is 0 Å². The summed E-state index contributed by atoms with van der Waals surface area (Å²) in [5.74, 6) is 0. The highest BCUT2D eigenvalue weighted by Gasteiger charge is 2.06. The molecule has 0 radical (unpaired) electrons. The van der Waals surface area contributed by atoms with Gasteiger partial charge in [0.25, 0.3) is 0 Å². The van der Waals surface area contributed by atoms with E-state index in [2.05, 4.69) is 36.8 Å². The smallest absolute Gasteiger partial charge is 0.308 e. The van der Waals surface area contributed by atoms with Gasteiger partial charge in [0.1, 0.15) is 0 Å². The molecule has 0 unspecified atom stereocenters. The van der Waals surface area contributed by atoms with Gasteiger partial charge in [-0.1, -0.05) is 12.1 Å². The molecule has 0 aliphatic carbocycles. The monoisotopic (exact) mass is 330 g/mol. The number of rotatable bonds is 2. The van der Waals surface area contributed by atoms with E-state index in [4.69, 9.17) is 0 Å². The molecule has 0 fully saturated rings. The van der Waals surface area contributed by atoms with Crippen LogP contribution >= 0.6 is 15.9 Å². The van der Waals surface area contributed by atoms with E-state index >= 15 is 0 Å². The third kappa shape index (κ3) is 2.65. The van der Waals surface area contributed by atoms with E-state index in [0.29, 0.717) is 11.4 Å². The predicted molar refractivity (Wildman–Crippen MR) is 82.9 cm³/mol. The summed E-state index contributed by atoms with van der Waals surface area (Å²) in [6.07, 6.45) is 1.74. The Balaban J connectivity index is 1.74. The molecule has 0 aliphatic heterocycles. The molecule has 2 amide bonds. The Kier molecular flexibility index (Phi) is 3.39. The lowest BCUT2D eigenvalue weighted by Crippen LogP contribution is -2.19. The zero-order valence-corrected chi connectivity index (χ0v) is 11.9. The maximum atomic E-state index is 11.9. The number of nitrogens with one attached hydrogen (secondary N) is 3. The molecule has 5 nitrogen and oxygen atoms in total. The number of aromatic amines is 1. The molecule has 0 bridgehead atoms. The van der Waals surface area contributed by atoms with Crippen molar-refractivity contribution in [3.05, 3.63) is 53.1 Å². The number of carbonyl (C=O) groups excluding carboxylic acids is 1. The van der Waals surface area contributed by atoms with Crippen molar-refractivity contribution < 1.29 is 4.79 Å². The van der Waals surface area contributed by atoms with Crippen molar-refractivity contribution in [2.45, 2.75) is 0 Å². The maximum absolute atomic E-state index is 11.9. The number of urea groups is 1. The van der Waals surface area contributed by atoms with Crippen LogP contribution in [0, 0.1) is 0 Å². The van der Waals surface area contributed by atoms with Crippen LogP contribution < -0.4 is 10.6 Å². The highest BCUT2D eigenvalue weighted by atomic mass is 79.9. The normalized spacial score (nSPS) is 10.4. The summed E-state index contributed by atoms with van der Waals surface area (Å²) in [7, 11) is 0. The van der Waals surface area contributed by atoms with Crippen molar-refractivity contribution in [2.24, 2.45) is 0 Å². The summed E-state index contributed by atoms with van der Waals surface area (Å²) < 4.78 is 0.833. The topological polar surface area (TPSA) is 69.8 Å². The van der Waals surface area contributed by atoms with Crippen LogP contribution in [0.4, 0.5) is 16.2 Å². The van der Waals surface area contributed by atoms with Gasteiger partial charge >= 0.3 is 6.03 Å². The molecule has 3 aromatic rings. The third-order valence-electron chi connectivity index (χ3n) is 2.82. The minimum absolute atomic E-state index is 0.296. The number of aromatic nitrogens is 2. The number of amides is 2. The summed E-state index contributed by atoms with van der Waals surface area (Å²) in [6.45, 7) is 0. The first-order valence-electron chi connectivity index (χ1n) is 5.98. The molecule has 1 aromatic heterocycles. The number of fused-ring (bicyclic) bond motifs is 1. The van der Waals surface area contributed by atoms with Crippen LogP contribution in [0.15, 0.2) is 53.1 Å². The lowest BCUT2D eigenvalue weighted by atomic mass is 10.2. The minimum Gasteiger partial charge on any atom is -0.308 e. The number of carbonyl (C=O) groups is 1. The Labute approximate surface area is 123 Å². The van der Waals surface area contributed by atoms with Crippen LogP contribution in [0.1, 0.15) is 0 Å². The fraction of sp³-hybridized carbons (Fsp3) is 0. The second-order valence-electron chi connectivity index (χ2n) is 4.23. The van der Waals surface area contributed by atoms with Crippen molar-refractivity contribution in [1.82, 2.24) is 10.2 Å². The second kappa shape index (κ2) is 5.34. The van der Waals surface area contributed by atoms with Gasteiger partial charge in [0.05, 0.1) is 17.4 Å². The molecule has 100 valence electrons. The fourth-order valence-electron chi connectivity index (χ4n) is 1.86. The number of hydrogen-bond donors (Lipinski definition) is 3. The standard InChI is InChI=1S/C14H11BrN4O/c15-11-3-1-2-4-12(11)18-14(20)17-10-6-5-9-8-16-19-13(9)7-10/h1-8H,(H,16,19)(H2,17,18,20). The first-order valence-corrected chi connectivity index (χ1v) is 6.77. The number of H-pyrrole nitrogens is 1. The lowest BCUT2D eigenvalue weighted by molar-refractivity contribution is 0.262. The first kappa shape index (κ1) is 12.7. The van der Waals surface area contributed by atoms with Gasteiger partial charge < -0.3 is 10.6 Å².